The summed E-state index contributed by atoms with van der Waals surface area (Å²) in [4.78, 5) is 0. The van der Waals surface area contributed by atoms with Crippen LogP contribution in [0.15, 0.2) is 39.3 Å². The van der Waals surface area contributed by atoms with E-state index in [1.165, 1.54) is 0 Å². The molecule has 0 fully saturated rings. The van der Waals surface area contributed by atoms with Crippen LogP contribution in [0.4, 0.5) is 0 Å². The summed E-state index contributed by atoms with van der Waals surface area (Å²) in [5, 5.41) is 0. The number of rotatable bonds is 11. The van der Waals surface area contributed by atoms with Crippen molar-refractivity contribution in [1.82, 2.24) is 0 Å². The first kappa shape index (κ1) is 25.4. The van der Waals surface area contributed by atoms with Gasteiger partial charge in [-0.05, 0) is 93.9 Å². The van der Waals surface area contributed by atoms with Crippen LogP contribution in [0.2, 0.25) is 0 Å². The molecule has 8 heteroatoms. The van der Waals surface area contributed by atoms with Gasteiger partial charge in [-0.2, -0.15) is 0 Å². The molecule has 2 rings (SSSR count). The summed E-state index contributed by atoms with van der Waals surface area (Å²) in [5.41, 5.74) is 2.08. The van der Waals surface area contributed by atoms with Crippen molar-refractivity contribution in [2.75, 3.05) is 26.5 Å². The molecular weight excluding hydrogens is 535 g/mol. The summed E-state index contributed by atoms with van der Waals surface area (Å²) in [6.07, 6.45) is 0.888. The lowest BCUT2D eigenvalue weighted by molar-refractivity contribution is 0.220. The minimum absolute atomic E-state index is 0.309. The Labute approximate surface area is 196 Å². The van der Waals surface area contributed by atoms with Crippen molar-refractivity contribution in [3.63, 3.8) is 0 Å². The molecular formula is C22H29Br2O5P. The zero-order valence-corrected chi connectivity index (χ0v) is 22.1. The highest BCUT2D eigenvalue weighted by Crippen LogP contribution is 2.49. The average Bonchev–Trinajstić information content (AvgIpc) is 2.69. The number of ether oxygens (including phenoxy) is 2. The SMILES string of the molecule is CCOP(=O)(CCc1cc(Br)c(Oc2ccc(OC)c(C(C)C)c2)c(Br)c1)OCC. The van der Waals surface area contributed by atoms with E-state index in [9.17, 15) is 4.57 Å². The number of benzene rings is 2. The minimum atomic E-state index is -3.08. The maximum Gasteiger partial charge on any atom is 0.330 e. The van der Waals surface area contributed by atoms with E-state index >= 15 is 0 Å². The van der Waals surface area contributed by atoms with Gasteiger partial charge < -0.3 is 18.5 Å². The van der Waals surface area contributed by atoms with Crippen LogP contribution < -0.4 is 9.47 Å². The van der Waals surface area contributed by atoms with Crippen molar-refractivity contribution in [2.24, 2.45) is 0 Å². The smallest absolute Gasteiger partial charge is 0.330 e. The van der Waals surface area contributed by atoms with Crippen LogP contribution in [-0.2, 0) is 20.0 Å². The van der Waals surface area contributed by atoms with Gasteiger partial charge in [0.1, 0.15) is 11.5 Å². The first-order valence-electron chi connectivity index (χ1n) is 9.94. The molecule has 0 saturated carbocycles. The Morgan fingerprint density at radius 3 is 2.10 bits per heavy atom. The molecule has 0 aliphatic carbocycles. The topological polar surface area (TPSA) is 54.0 Å². The standard InChI is InChI=1S/C22H29Br2O5P/c1-6-27-30(25,28-7-2)11-10-16-12-19(23)22(20(24)13-16)29-17-8-9-21(26-5)18(14-17)15(3)4/h8-9,12-15H,6-7,10-11H2,1-5H3. The van der Waals surface area contributed by atoms with Gasteiger partial charge in [0.25, 0.3) is 0 Å². The molecule has 0 aliphatic rings. The molecule has 0 aromatic heterocycles. The third kappa shape index (κ3) is 6.83. The Kier molecular flexibility index (Phi) is 9.89. The highest BCUT2D eigenvalue weighted by atomic mass is 79.9. The molecule has 0 atom stereocenters. The molecule has 0 radical (unpaired) electrons. The summed E-state index contributed by atoms with van der Waals surface area (Å²) in [7, 11) is -1.41. The Hall–Kier alpha value is -0.850. The van der Waals surface area contributed by atoms with E-state index in [4.69, 9.17) is 18.5 Å². The Morgan fingerprint density at radius 2 is 1.60 bits per heavy atom. The highest BCUT2D eigenvalue weighted by molar-refractivity contribution is 9.11. The zero-order valence-electron chi connectivity index (χ0n) is 18.0. The maximum absolute atomic E-state index is 12.7. The number of hydrogen-bond donors (Lipinski definition) is 0. The van der Waals surface area contributed by atoms with E-state index in [0.29, 0.717) is 37.5 Å². The van der Waals surface area contributed by atoms with Crippen molar-refractivity contribution in [2.45, 2.75) is 40.0 Å². The fourth-order valence-electron chi connectivity index (χ4n) is 3.02. The molecule has 0 N–H and O–H groups in total. The van der Waals surface area contributed by atoms with Crippen LogP contribution >= 0.6 is 39.5 Å². The van der Waals surface area contributed by atoms with Crippen LogP contribution in [0.3, 0.4) is 0 Å². The minimum Gasteiger partial charge on any atom is -0.496 e. The van der Waals surface area contributed by atoms with E-state index in [2.05, 4.69) is 45.7 Å². The molecule has 166 valence electrons. The van der Waals surface area contributed by atoms with Crippen LogP contribution in [0.1, 0.15) is 44.7 Å². The second-order valence-corrected chi connectivity index (χ2v) is 10.9. The van der Waals surface area contributed by atoms with Gasteiger partial charge in [0.2, 0.25) is 0 Å². The number of hydrogen-bond acceptors (Lipinski definition) is 5. The molecule has 0 unspecified atom stereocenters. The fourth-order valence-corrected chi connectivity index (χ4v) is 6.12. The van der Waals surface area contributed by atoms with Crippen molar-refractivity contribution in [1.29, 1.82) is 0 Å². The predicted octanol–water partition coefficient (Wildman–Crippen LogP) is 7.94. The molecule has 2 aromatic carbocycles. The summed E-state index contributed by atoms with van der Waals surface area (Å²) >= 11 is 7.20. The molecule has 0 saturated heterocycles. The summed E-state index contributed by atoms with van der Waals surface area (Å²) in [6, 6.07) is 9.74. The summed E-state index contributed by atoms with van der Waals surface area (Å²) < 4.78 is 36.7. The second-order valence-electron chi connectivity index (χ2n) is 6.97. The Morgan fingerprint density at radius 1 is 1.00 bits per heavy atom. The fraction of sp³-hybridized carbons (Fsp3) is 0.455. The van der Waals surface area contributed by atoms with Crippen molar-refractivity contribution in [3.05, 3.63) is 50.4 Å². The van der Waals surface area contributed by atoms with Gasteiger partial charge in [-0.3, -0.25) is 4.57 Å². The van der Waals surface area contributed by atoms with Crippen LogP contribution in [0.5, 0.6) is 17.2 Å². The first-order chi connectivity index (χ1) is 14.2. The largest absolute Gasteiger partial charge is 0.496 e. The van der Waals surface area contributed by atoms with Gasteiger partial charge in [0.15, 0.2) is 5.75 Å². The number of halogens is 2. The highest BCUT2D eigenvalue weighted by Gasteiger charge is 2.23. The predicted molar refractivity (Wildman–Crippen MR) is 128 cm³/mol. The molecule has 0 heterocycles. The normalized spacial score (nSPS) is 11.7. The van der Waals surface area contributed by atoms with Crippen LogP contribution in [0.25, 0.3) is 0 Å². The molecule has 0 spiro atoms. The van der Waals surface area contributed by atoms with Crippen molar-refractivity contribution < 1.29 is 23.1 Å². The molecule has 0 amide bonds. The van der Waals surface area contributed by atoms with Crippen LogP contribution in [-0.4, -0.2) is 26.5 Å². The van der Waals surface area contributed by atoms with E-state index in [1.54, 1.807) is 7.11 Å². The maximum atomic E-state index is 12.7. The van der Waals surface area contributed by atoms with Gasteiger partial charge in [-0.1, -0.05) is 13.8 Å². The van der Waals surface area contributed by atoms with E-state index in [1.807, 2.05) is 44.2 Å². The van der Waals surface area contributed by atoms with Gasteiger partial charge in [-0.15, -0.1) is 0 Å². The van der Waals surface area contributed by atoms with Gasteiger partial charge in [0.05, 0.1) is 35.4 Å². The lowest BCUT2D eigenvalue weighted by Crippen LogP contribution is -2.03. The number of methoxy groups -OCH3 is 1. The second kappa shape index (κ2) is 11.7. The van der Waals surface area contributed by atoms with Crippen molar-refractivity contribution >= 4 is 39.5 Å². The number of aryl methyl sites for hydroxylation is 1. The van der Waals surface area contributed by atoms with E-state index in [0.717, 1.165) is 31.6 Å². The van der Waals surface area contributed by atoms with E-state index in [-0.39, 0.29) is 0 Å². The third-order valence-corrected chi connectivity index (χ3v) is 7.68. The van der Waals surface area contributed by atoms with E-state index < -0.39 is 7.60 Å². The molecule has 0 aliphatic heterocycles. The lowest BCUT2D eigenvalue weighted by atomic mass is 10.0. The third-order valence-electron chi connectivity index (χ3n) is 4.43. The monoisotopic (exact) mass is 562 g/mol. The van der Waals surface area contributed by atoms with Crippen molar-refractivity contribution in [3.8, 4) is 17.2 Å². The molecule has 5 nitrogen and oxygen atoms in total. The quantitative estimate of drug-likeness (QED) is 0.260. The lowest BCUT2D eigenvalue weighted by Gasteiger charge is -2.18. The Balaban J connectivity index is 2.21. The summed E-state index contributed by atoms with van der Waals surface area (Å²) in [5.74, 6) is 2.56. The van der Waals surface area contributed by atoms with Crippen LogP contribution in [0, 0.1) is 0 Å². The molecule has 30 heavy (non-hydrogen) atoms. The summed E-state index contributed by atoms with van der Waals surface area (Å²) in [6.45, 7) is 8.58. The molecule has 2 aromatic rings. The zero-order chi connectivity index (χ0) is 22.3. The average molecular weight is 564 g/mol. The first-order valence-corrected chi connectivity index (χ1v) is 13.3. The van der Waals surface area contributed by atoms with Gasteiger partial charge in [0, 0.05) is 5.56 Å². The van der Waals surface area contributed by atoms with Gasteiger partial charge in [-0.25, -0.2) is 0 Å². The molecule has 0 bridgehead atoms. The van der Waals surface area contributed by atoms with Gasteiger partial charge >= 0.3 is 7.60 Å². The Bertz CT molecular complexity index is 868.